The largest absolute Gasteiger partial charge is 0.573 e. The molecule has 0 saturated heterocycles. The number of rotatable bonds is 8. The Morgan fingerprint density at radius 2 is 1.40 bits per heavy atom. The second kappa shape index (κ2) is 12.6. The monoisotopic (exact) mass is 644 g/mol. The van der Waals surface area contributed by atoms with Gasteiger partial charge in [0.05, 0.1) is 0 Å². The Balaban J connectivity index is 1.64. The summed E-state index contributed by atoms with van der Waals surface area (Å²) in [5, 5.41) is 0. The zero-order chi connectivity index (χ0) is 31.7. The Morgan fingerprint density at radius 1 is 0.791 bits per heavy atom. The van der Waals surface area contributed by atoms with Crippen molar-refractivity contribution in [3.05, 3.63) is 53.4 Å². The lowest BCUT2D eigenvalue weighted by atomic mass is 9.70. The van der Waals surface area contributed by atoms with Crippen LogP contribution in [0.15, 0.2) is 30.3 Å². The SMILES string of the molecule is CCCC1CCC(C2CC=C(c3ccc(-c4ccc(OC(F)(F)F)c(F)c4OS(=O)(=O)C(F)(F)F)c(F)c3F)CC2)CC1. The summed E-state index contributed by atoms with van der Waals surface area (Å²) >= 11 is 0. The van der Waals surface area contributed by atoms with Crippen LogP contribution in [0.4, 0.5) is 39.5 Å². The van der Waals surface area contributed by atoms with E-state index >= 15 is 8.78 Å². The van der Waals surface area contributed by atoms with Crippen LogP contribution >= 0.6 is 0 Å². The van der Waals surface area contributed by atoms with E-state index in [0.717, 1.165) is 43.7 Å². The first-order valence-corrected chi connectivity index (χ1v) is 15.2. The molecule has 238 valence electrons. The average molecular weight is 645 g/mol. The van der Waals surface area contributed by atoms with Crippen LogP contribution in [0, 0.1) is 35.2 Å². The number of hydrogen-bond donors (Lipinski definition) is 0. The predicted octanol–water partition coefficient (Wildman–Crippen LogP) is 9.69. The van der Waals surface area contributed by atoms with Gasteiger partial charge in [-0.05, 0) is 67.6 Å². The molecular weight excluding hydrogens is 615 g/mol. The van der Waals surface area contributed by atoms with Crippen molar-refractivity contribution in [1.82, 2.24) is 0 Å². The van der Waals surface area contributed by atoms with Gasteiger partial charge in [-0.2, -0.15) is 26.0 Å². The van der Waals surface area contributed by atoms with E-state index in [9.17, 15) is 39.2 Å². The highest BCUT2D eigenvalue weighted by atomic mass is 32.2. The highest BCUT2D eigenvalue weighted by Gasteiger charge is 2.49. The summed E-state index contributed by atoms with van der Waals surface area (Å²) < 4.78 is 153. The second-order valence-electron chi connectivity index (χ2n) is 10.9. The van der Waals surface area contributed by atoms with Crippen LogP contribution < -0.4 is 8.92 Å². The Morgan fingerprint density at radius 3 is 1.95 bits per heavy atom. The van der Waals surface area contributed by atoms with E-state index in [-0.39, 0.29) is 11.6 Å². The van der Waals surface area contributed by atoms with Crippen molar-refractivity contribution >= 4 is 15.7 Å². The van der Waals surface area contributed by atoms with Gasteiger partial charge in [-0.25, -0.2) is 8.78 Å². The lowest BCUT2D eigenvalue weighted by Crippen LogP contribution is -2.28. The standard InChI is InChI=1S/C29H29F9O4S/c1-2-3-16-4-6-17(7-5-16)18-8-10-19(11-9-18)20-12-13-21(25(31)24(20)30)22-14-15-23(41-28(33,34)35)26(32)27(22)42-43(39,40)29(36,37)38/h10,12-18H,2-9,11H2,1H3. The maximum absolute atomic E-state index is 15.4. The summed E-state index contributed by atoms with van der Waals surface area (Å²) in [6.07, 6.45) is 5.08. The molecule has 0 amide bonds. The molecule has 43 heavy (non-hydrogen) atoms. The van der Waals surface area contributed by atoms with E-state index in [4.69, 9.17) is 0 Å². The minimum Gasteiger partial charge on any atom is -0.402 e. The van der Waals surface area contributed by atoms with Gasteiger partial charge in [-0.3, -0.25) is 0 Å². The fourth-order valence-electron chi connectivity index (χ4n) is 6.08. The fourth-order valence-corrected chi connectivity index (χ4v) is 6.56. The molecule has 0 spiro atoms. The van der Waals surface area contributed by atoms with Crippen LogP contribution in [-0.4, -0.2) is 20.3 Å². The second-order valence-corrected chi connectivity index (χ2v) is 12.4. The Hall–Kier alpha value is -2.90. The molecule has 2 aliphatic carbocycles. The number of ether oxygens (including phenoxy) is 1. The topological polar surface area (TPSA) is 52.6 Å². The van der Waals surface area contributed by atoms with Gasteiger partial charge in [0.15, 0.2) is 23.1 Å². The maximum atomic E-state index is 15.4. The molecule has 0 aliphatic heterocycles. The van der Waals surface area contributed by atoms with Crippen molar-refractivity contribution in [3.8, 4) is 22.6 Å². The third-order valence-electron chi connectivity index (χ3n) is 8.19. The van der Waals surface area contributed by atoms with Gasteiger partial charge in [-0.1, -0.05) is 50.8 Å². The molecular formula is C29H29F9O4S. The lowest BCUT2D eigenvalue weighted by Gasteiger charge is -2.35. The van der Waals surface area contributed by atoms with E-state index in [0.29, 0.717) is 36.3 Å². The van der Waals surface area contributed by atoms with Crippen molar-refractivity contribution < 1.29 is 56.9 Å². The molecule has 0 radical (unpaired) electrons. The van der Waals surface area contributed by atoms with Gasteiger partial charge in [0, 0.05) is 16.7 Å². The van der Waals surface area contributed by atoms with Crippen molar-refractivity contribution in [2.75, 3.05) is 0 Å². The van der Waals surface area contributed by atoms with E-state index in [1.807, 2.05) is 6.08 Å². The van der Waals surface area contributed by atoms with Gasteiger partial charge in [-0.15, -0.1) is 13.2 Å². The summed E-state index contributed by atoms with van der Waals surface area (Å²) in [4.78, 5) is 0. The fraction of sp³-hybridized carbons (Fsp3) is 0.517. The van der Waals surface area contributed by atoms with Crippen LogP contribution in [0.5, 0.6) is 11.5 Å². The summed E-state index contributed by atoms with van der Waals surface area (Å²) in [5.41, 5.74) is -7.79. The van der Waals surface area contributed by atoms with Crippen molar-refractivity contribution in [2.24, 2.45) is 17.8 Å². The van der Waals surface area contributed by atoms with Crippen molar-refractivity contribution in [3.63, 3.8) is 0 Å². The van der Waals surface area contributed by atoms with Gasteiger partial charge in [0.2, 0.25) is 5.82 Å². The van der Waals surface area contributed by atoms with Crippen LogP contribution in [-0.2, 0) is 10.1 Å². The maximum Gasteiger partial charge on any atom is 0.573 e. The van der Waals surface area contributed by atoms with E-state index in [2.05, 4.69) is 15.8 Å². The predicted molar refractivity (Wildman–Crippen MR) is 140 cm³/mol. The zero-order valence-electron chi connectivity index (χ0n) is 22.9. The third kappa shape index (κ3) is 7.43. The first kappa shape index (κ1) is 33.0. The number of benzene rings is 2. The van der Waals surface area contributed by atoms with E-state index < -0.39 is 62.1 Å². The van der Waals surface area contributed by atoms with Crippen molar-refractivity contribution in [2.45, 2.75) is 76.6 Å². The first-order chi connectivity index (χ1) is 20.0. The summed E-state index contributed by atoms with van der Waals surface area (Å²) in [5.74, 6) is -7.46. The van der Waals surface area contributed by atoms with Crippen LogP contribution in [0.25, 0.3) is 16.7 Å². The molecule has 0 bridgehead atoms. The van der Waals surface area contributed by atoms with Crippen LogP contribution in [0.2, 0.25) is 0 Å². The molecule has 4 nitrogen and oxygen atoms in total. The molecule has 2 aromatic carbocycles. The molecule has 2 aliphatic rings. The smallest absolute Gasteiger partial charge is 0.402 e. The summed E-state index contributed by atoms with van der Waals surface area (Å²) in [6, 6.07) is 2.66. The normalized spacial score (nSPS) is 21.8. The quantitative estimate of drug-likeness (QED) is 0.163. The molecule has 14 heteroatoms. The Kier molecular flexibility index (Phi) is 9.68. The number of hydrogen-bond acceptors (Lipinski definition) is 4. The Labute approximate surface area is 243 Å². The molecule has 1 unspecified atom stereocenters. The lowest BCUT2D eigenvalue weighted by molar-refractivity contribution is -0.275. The minimum absolute atomic E-state index is 0.144. The molecule has 1 fully saturated rings. The number of allylic oxidation sites excluding steroid dienone is 2. The molecule has 1 atom stereocenters. The minimum atomic E-state index is -6.64. The van der Waals surface area contributed by atoms with Gasteiger partial charge in [0.25, 0.3) is 0 Å². The highest BCUT2D eigenvalue weighted by molar-refractivity contribution is 7.88. The number of alkyl halides is 6. The molecule has 0 aromatic heterocycles. The molecule has 0 N–H and O–H groups in total. The molecule has 1 saturated carbocycles. The molecule has 4 rings (SSSR count). The van der Waals surface area contributed by atoms with Gasteiger partial charge < -0.3 is 8.92 Å². The highest BCUT2D eigenvalue weighted by Crippen LogP contribution is 2.45. The van der Waals surface area contributed by atoms with E-state index in [1.165, 1.54) is 19.3 Å². The molecule has 0 heterocycles. The summed E-state index contributed by atoms with van der Waals surface area (Å²) in [7, 11) is -6.64. The third-order valence-corrected chi connectivity index (χ3v) is 9.14. The van der Waals surface area contributed by atoms with Crippen LogP contribution in [0.1, 0.15) is 70.3 Å². The first-order valence-electron chi connectivity index (χ1n) is 13.8. The van der Waals surface area contributed by atoms with Gasteiger partial charge >= 0.3 is 22.0 Å². The van der Waals surface area contributed by atoms with Gasteiger partial charge in [0.1, 0.15) is 0 Å². The van der Waals surface area contributed by atoms with Crippen LogP contribution in [0.3, 0.4) is 0 Å². The zero-order valence-corrected chi connectivity index (χ0v) is 23.7. The van der Waals surface area contributed by atoms with Crippen molar-refractivity contribution in [1.29, 1.82) is 0 Å². The molecule has 2 aromatic rings. The van der Waals surface area contributed by atoms with E-state index in [1.54, 1.807) is 0 Å². The average Bonchev–Trinajstić information content (AvgIpc) is 2.92. The summed E-state index contributed by atoms with van der Waals surface area (Å²) in [6.45, 7) is 2.17. The number of halogens is 9. The Bertz CT molecular complexity index is 1460.